The number of hydrogen-bond donors (Lipinski definition) is 1. The molecule has 3 nitrogen and oxygen atoms in total. The molecule has 0 aromatic heterocycles. The highest BCUT2D eigenvalue weighted by atomic mass is 35.5. The standard InChI is InChI=1S/C14H20ClN3/c1-14(11-16,17-8-9-18(2)3)10-12-4-6-13(15)7-5-12/h4-7,17H,8-10H2,1-3H3. The maximum Gasteiger partial charge on any atom is 0.108 e. The van der Waals surface area contributed by atoms with Gasteiger partial charge in [-0.15, -0.1) is 0 Å². The molecular weight excluding hydrogens is 246 g/mol. The van der Waals surface area contributed by atoms with Gasteiger partial charge in [-0.05, 0) is 38.7 Å². The topological polar surface area (TPSA) is 39.1 Å². The lowest BCUT2D eigenvalue weighted by atomic mass is 9.94. The van der Waals surface area contributed by atoms with Crippen LogP contribution in [0.5, 0.6) is 0 Å². The average molecular weight is 266 g/mol. The van der Waals surface area contributed by atoms with Crippen LogP contribution in [0.4, 0.5) is 0 Å². The van der Waals surface area contributed by atoms with Crippen LogP contribution in [0.2, 0.25) is 5.02 Å². The van der Waals surface area contributed by atoms with Gasteiger partial charge >= 0.3 is 0 Å². The fourth-order valence-electron chi connectivity index (χ4n) is 1.71. The molecule has 0 aliphatic rings. The summed E-state index contributed by atoms with van der Waals surface area (Å²) >= 11 is 5.85. The summed E-state index contributed by atoms with van der Waals surface area (Å²) in [5.74, 6) is 0. The quantitative estimate of drug-likeness (QED) is 0.858. The molecule has 0 spiro atoms. The van der Waals surface area contributed by atoms with E-state index in [4.69, 9.17) is 11.6 Å². The Bertz CT molecular complexity index is 408. The van der Waals surface area contributed by atoms with E-state index in [1.54, 1.807) is 0 Å². The van der Waals surface area contributed by atoms with E-state index in [1.807, 2.05) is 45.3 Å². The molecule has 0 bridgehead atoms. The Labute approximate surface area is 114 Å². The fraction of sp³-hybridized carbons (Fsp3) is 0.500. The molecule has 0 aliphatic heterocycles. The number of nitrogens with zero attached hydrogens (tertiary/aromatic N) is 2. The van der Waals surface area contributed by atoms with Gasteiger partial charge in [0, 0.05) is 24.5 Å². The first kappa shape index (κ1) is 15.0. The lowest BCUT2D eigenvalue weighted by molar-refractivity contribution is 0.362. The zero-order valence-electron chi connectivity index (χ0n) is 11.2. The summed E-state index contributed by atoms with van der Waals surface area (Å²) in [5, 5.41) is 13.3. The number of hydrogen-bond acceptors (Lipinski definition) is 3. The molecule has 1 aromatic carbocycles. The van der Waals surface area contributed by atoms with Gasteiger partial charge < -0.3 is 4.90 Å². The van der Waals surface area contributed by atoms with E-state index in [-0.39, 0.29) is 0 Å². The number of benzene rings is 1. The predicted molar refractivity (Wildman–Crippen MR) is 75.7 cm³/mol. The van der Waals surface area contributed by atoms with Crippen molar-refractivity contribution in [1.29, 1.82) is 5.26 Å². The van der Waals surface area contributed by atoms with Crippen molar-refractivity contribution in [3.05, 3.63) is 34.9 Å². The third kappa shape index (κ3) is 5.05. The Hall–Kier alpha value is -1.08. The summed E-state index contributed by atoms with van der Waals surface area (Å²) in [7, 11) is 4.04. The number of rotatable bonds is 6. The maximum absolute atomic E-state index is 9.31. The molecule has 0 fully saturated rings. The fourth-order valence-corrected chi connectivity index (χ4v) is 1.83. The molecule has 1 atom stereocenters. The molecule has 4 heteroatoms. The van der Waals surface area contributed by atoms with Gasteiger partial charge in [-0.3, -0.25) is 5.32 Å². The average Bonchev–Trinajstić information content (AvgIpc) is 2.32. The van der Waals surface area contributed by atoms with Gasteiger partial charge in [0.1, 0.15) is 5.54 Å². The van der Waals surface area contributed by atoms with Crippen LogP contribution in [-0.4, -0.2) is 37.6 Å². The second-order valence-electron chi connectivity index (χ2n) is 4.98. The van der Waals surface area contributed by atoms with Crippen molar-refractivity contribution in [3.63, 3.8) is 0 Å². The lowest BCUT2D eigenvalue weighted by Crippen LogP contribution is -2.45. The SMILES string of the molecule is CN(C)CCNC(C)(C#N)Cc1ccc(Cl)cc1. The van der Waals surface area contributed by atoms with Crippen LogP contribution >= 0.6 is 11.6 Å². The van der Waals surface area contributed by atoms with E-state index in [0.29, 0.717) is 6.42 Å². The van der Waals surface area contributed by atoms with Crippen molar-refractivity contribution in [3.8, 4) is 6.07 Å². The van der Waals surface area contributed by atoms with Gasteiger partial charge in [-0.1, -0.05) is 23.7 Å². The number of nitrogens with one attached hydrogen (secondary N) is 1. The minimum absolute atomic E-state index is 0.538. The lowest BCUT2D eigenvalue weighted by Gasteiger charge is -2.24. The van der Waals surface area contributed by atoms with Crippen LogP contribution in [0.15, 0.2) is 24.3 Å². The molecule has 1 rings (SSSR count). The van der Waals surface area contributed by atoms with Gasteiger partial charge in [0.15, 0.2) is 0 Å². The molecule has 1 N–H and O–H groups in total. The molecule has 0 radical (unpaired) electrons. The predicted octanol–water partition coefficient (Wildman–Crippen LogP) is 2.32. The van der Waals surface area contributed by atoms with E-state index in [1.165, 1.54) is 0 Å². The van der Waals surface area contributed by atoms with Crippen LogP contribution in [0.25, 0.3) is 0 Å². The monoisotopic (exact) mass is 265 g/mol. The summed E-state index contributed by atoms with van der Waals surface area (Å²) in [6.45, 7) is 3.64. The number of likely N-dealkylation sites (N-methyl/N-ethyl adjacent to an activating group) is 1. The molecule has 98 valence electrons. The Morgan fingerprint density at radius 2 is 1.94 bits per heavy atom. The minimum Gasteiger partial charge on any atom is -0.308 e. The zero-order valence-corrected chi connectivity index (χ0v) is 12.0. The van der Waals surface area contributed by atoms with E-state index in [2.05, 4.69) is 16.3 Å². The zero-order chi connectivity index (χ0) is 13.6. The summed E-state index contributed by atoms with van der Waals surface area (Å²) in [6.07, 6.45) is 0.675. The maximum atomic E-state index is 9.31. The van der Waals surface area contributed by atoms with Crippen LogP contribution in [0.3, 0.4) is 0 Å². The molecule has 0 saturated heterocycles. The van der Waals surface area contributed by atoms with E-state index < -0.39 is 5.54 Å². The Balaban J connectivity index is 2.59. The second-order valence-corrected chi connectivity index (χ2v) is 5.41. The summed E-state index contributed by atoms with van der Waals surface area (Å²) < 4.78 is 0. The first-order valence-electron chi connectivity index (χ1n) is 6.01. The van der Waals surface area contributed by atoms with Crippen LogP contribution in [0, 0.1) is 11.3 Å². The first-order valence-corrected chi connectivity index (χ1v) is 6.38. The van der Waals surface area contributed by atoms with Crippen molar-refractivity contribution in [2.24, 2.45) is 0 Å². The van der Waals surface area contributed by atoms with Crippen LogP contribution < -0.4 is 5.32 Å². The molecule has 0 heterocycles. The highest BCUT2D eigenvalue weighted by Crippen LogP contribution is 2.15. The van der Waals surface area contributed by atoms with Gasteiger partial charge in [0.25, 0.3) is 0 Å². The smallest absolute Gasteiger partial charge is 0.108 e. The molecular formula is C14H20ClN3. The highest BCUT2D eigenvalue weighted by molar-refractivity contribution is 6.30. The Morgan fingerprint density at radius 3 is 2.44 bits per heavy atom. The van der Waals surface area contributed by atoms with Gasteiger partial charge in [-0.25, -0.2) is 0 Å². The van der Waals surface area contributed by atoms with Crippen molar-refractivity contribution >= 4 is 11.6 Å². The highest BCUT2D eigenvalue weighted by Gasteiger charge is 2.23. The van der Waals surface area contributed by atoms with Gasteiger partial charge in [0.2, 0.25) is 0 Å². The van der Waals surface area contributed by atoms with Crippen molar-refractivity contribution in [1.82, 2.24) is 10.2 Å². The van der Waals surface area contributed by atoms with Crippen molar-refractivity contribution in [2.75, 3.05) is 27.2 Å². The first-order chi connectivity index (χ1) is 8.45. The Kier molecular flexibility index (Phi) is 5.61. The van der Waals surface area contributed by atoms with Gasteiger partial charge in [0.05, 0.1) is 6.07 Å². The summed E-state index contributed by atoms with van der Waals surface area (Å²) in [5.41, 5.74) is 0.574. The number of halogens is 1. The van der Waals surface area contributed by atoms with Crippen LogP contribution in [-0.2, 0) is 6.42 Å². The Morgan fingerprint density at radius 1 is 1.33 bits per heavy atom. The van der Waals surface area contributed by atoms with E-state index in [0.717, 1.165) is 23.7 Å². The molecule has 0 aliphatic carbocycles. The molecule has 0 saturated carbocycles. The van der Waals surface area contributed by atoms with E-state index >= 15 is 0 Å². The summed E-state index contributed by atoms with van der Waals surface area (Å²) in [6, 6.07) is 9.99. The third-order valence-electron chi connectivity index (χ3n) is 2.79. The molecule has 1 aromatic rings. The summed E-state index contributed by atoms with van der Waals surface area (Å²) in [4.78, 5) is 2.09. The largest absolute Gasteiger partial charge is 0.308 e. The van der Waals surface area contributed by atoms with Crippen molar-refractivity contribution < 1.29 is 0 Å². The normalized spacial score (nSPS) is 14.2. The second kappa shape index (κ2) is 6.75. The van der Waals surface area contributed by atoms with Crippen LogP contribution in [0.1, 0.15) is 12.5 Å². The molecule has 0 amide bonds. The molecule has 18 heavy (non-hydrogen) atoms. The van der Waals surface area contributed by atoms with Crippen molar-refractivity contribution in [2.45, 2.75) is 18.9 Å². The molecule has 1 unspecified atom stereocenters. The third-order valence-corrected chi connectivity index (χ3v) is 3.04. The van der Waals surface area contributed by atoms with Gasteiger partial charge in [-0.2, -0.15) is 5.26 Å². The number of nitriles is 1. The minimum atomic E-state index is -0.538. The van der Waals surface area contributed by atoms with E-state index in [9.17, 15) is 5.26 Å².